The first kappa shape index (κ1) is 19.9. The normalized spacial score (nSPS) is 16.2. The molecule has 27 heavy (non-hydrogen) atoms. The fourth-order valence-electron chi connectivity index (χ4n) is 3.05. The van der Waals surface area contributed by atoms with Crippen molar-refractivity contribution < 1.29 is 13.9 Å². The lowest BCUT2D eigenvalue weighted by Gasteiger charge is -2.29. The van der Waals surface area contributed by atoms with E-state index < -0.39 is 0 Å². The molecular formula is C20H22ClFN2O2S. The minimum atomic E-state index is -0.248. The van der Waals surface area contributed by atoms with Crippen molar-refractivity contribution in [3.63, 3.8) is 0 Å². The standard InChI is InChI=1S/C20H22ClFN2O2S/c1-25-19-11-15(21)8-9-18(19)23-20(27)24(13-16-6-4-10-26-16)12-14-5-2-3-7-17(14)22/h2-3,5,7-9,11,16H,4,6,10,12-13H2,1H3,(H,23,27)/t16-/m1/s1. The first-order chi connectivity index (χ1) is 13.1. The first-order valence-electron chi connectivity index (χ1n) is 8.81. The number of halogens is 2. The molecule has 1 aliphatic heterocycles. The van der Waals surface area contributed by atoms with E-state index in [0.29, 0.717) is 40.2 Å². The van der Waals surface area contributed by atoms with Gasteiger partial charge in [0.1, 0.15) is 11.6 Å². The smallest absolute Gasteiger partial charge is 0.173 e. The number of rotatable bonds is 6. The molecule has 0 aliphatic carbocycles. The molecule has 0 saturated carbocycles. The van der Waals surface area contributed by atoms with Crippen LogP contribution in [0.15, 0.2) is 42.5 Å². The van der Waals surface area contributed by atoms with Crippen LogP contribution >= 0.6 is 23.8 Å². The van der Waals surface area contributed by atoms with E-state index in [1.165, 1.54) is 6.07 Å². The third-order valence-electron chi connectivity index (χ3n) is 4.46. The van der Waals surface area contributed by atoms with Crippen molar-refractivity contribution in [3.05, 3.63) is 58.9 Å². The number of methoxy groups -OCH3 is 1. The largest absolute Gasteiger partial charge is 0.495 e. The lowest BCUT2D eigenvalue weighted by Crippen LogP contribution is -2.39. The number of nitrogens with one attached hydrogen (secondary N) is 1. The summed E-state index contributed by atoms with van der Waals surface area (Å²) in [4.78, 5) is 1.93. The van der Waals surface area contributed by atoms with Gasteiger partial charge in [0.05, 0.1) is 18.9 Å². The number of hydrogen-bond acceptors (Lipinski definition) is 3. The van der Waals surface area contributed by atoms with Gasteiger partial charge in [-0.3, -0.25) is 0 Å². The fraction of sp³-hybridized carbons (Fsp3) is 0.350. The lowest BCUT2D eigenvalue weighted by molar-refractivity contribution is 0.0903. The summed E-state index contributed by atoms with van der Waals surface area (Å²) in [7, 11) is 1.57. The molecule has 0 aromatic heterocycles. The van der Waals surface area contributed by atoms with Gasteiger partial charge in [-0.1, -0.05) is 29.8 Å². The predicted molar refractivity (Wildman–Crippen MR) is 110 cm³/mol. The van der Waals surface area contributed by atoms with Crippen molar-refractivity contribution in [1.82, 2.24) is 4.90 Å². The van der Waals surface area contributed by atoms with Crippen LogP contribution < -0.4 is 10.1 Å². The Morgan fingerprint density at radius 2 is 2.19 bits per heavy atom. The Labute approximate surface area is 169 Å². The molecule has 0 amide bonds. The second-order valence-electron chi connectivity index (χ2n) is 6.38. The number of thiocarbonyl (C=S) groups is 1. The van der Waals surface area contributed by atoms with Gasteiger partial charge < -0.3 is 19.7 Å². The van der Waals surface area contributed by atoms with Gasteiger partial charge in [0, 0.05) is 36.3 Å². The number of benzene rings is 2. The van der Waals surface area contributed by atoms with Crippen molar-refractivity contribution >= 4 is 34.6 Å². The van der Waals surface area contributed by atoms with E-state index in [1.807, 2.05) is 11.0 Å². The zero-order valence-corrected chi connectivity index (χ0v) is 16.7. The maximum atomic E-state index is 14.2. The van der Waals surface area contributed by atoms with Crippen molar-refractivity contribution in [3.8, 4) is 5.75 Å². The number of ether oxygens (including phenoxy) is 2. The van der Waals surface area contributed by atoms with Gasteiger partial charge in [0.25, 0.3) is 0 Å². The number of hydrogen-bond donors (Lipinski definition) is 1. The highest BCUT2D eigenvalue weighted by Crippen LogP contribution is 2.28. The maximum absolute atomic E-state index is 14.2. The summed E-state index contributed by atoms with van der Waals surface area (Å²) in [5, 5.41) is 4.25. The molecule has 1 heterocycles. The van der Waals surface area contributed by atoms with Crippen molar-refractivity contribution in [1.29, 1.82) is 0 Å². The summed E-state index contributed by atoms with van der Waals surface area (Å²) in [6.07, 6.45) is 2.09. The Morgan fingerprint density at radius 1 is 1.37 bits per heavy atom. The molecule has 1 saturated heterocycles. The topological polar surface area (TPSA) is 33.7 Å². The second-order valence-corrected chi connectivity index (χ2v) is 7.20. The highest BCUT2D eigenvalue weighted by atomic mass is 35.5. The van der Waals surface area contributed by atoms with Gasteiger partial charge in [-0.05, 0) is 43.3 Å². The van der Waals surface area contributed by atoms with Gasteiger partial charge in [0.2, 0.25) is 0 Å². The van der Waals surface area contributed by atoms with Crippen LogP contribution in [0.1, 0.15) is 18.4 Å². The van der Waals surface area contributed by atoms with Crippen LogP contribution in [0.5, 0.6) is 5.75 Å². The van der Waals surface area contributed by atoms with E-state index in [9.17, 15) is 4.39 Å². The minimum absolute atomic E-state index is 0.0867. The summed E-state index contributed by atoms with van der Waals surface area (Å²) in [6, 6.07) is 12.0. The minimum Gasteiger partial charge on any atom is -0.495 e. The summed E-state index contributed by atoms with van der Waals surface area (Å²) < 4.78 is 25.3. The van der Waals surface area contributed by atoms with E-state index in [2.05, 4.69) is 5.32 Å². The Bertz CT molecular complexity index is 799. The SMILES string of the molecule is COc1cc(Cl)ccc1NC(=S)N(Cc1ccccc1F)C[C@H]1CCCO1. The summed E-state index contributed by atoms with van der Waals surface area (Å²) in [6.45, 7) is 1.70. The van der Waals surface area contributed by atoms with Crippen LogP contribution in [0.4, 0.5) is 10.1 Å². The third-order valence-corrected chi connectivity index (χ3v) is 5.05. The monoisotopic (exact) mass is 408 g/mol. The number of nitrogens with zero attached hydrogens (tertiary/aromatic N) is 1. The fourth-order valence-corrected chi connectivity index (χ4v) is 3.46. The Hall–Kier alpha value is -1.89. The maximum Gasteiger partial charge on any atom is 0.173 e. The molecule has 7 heteroatoms. The molecule has 0 radical (unpaired) electrons. The average Bonchev–Trinajstić information content (AvgIpc) is 3.17. The molecule has 0 spiro atoms. The molecule has 0 unspecified atom stereocenters. The van der Waals surface area contributed by atoms with Crippen molar-refractivity contribution in [2.45, 2.75) is 25.5 Å². The molecule has 0 bridgehead atoms. The van der Waals surface area contributed by atoms with Crippen LogP contribution in [-0.4, -0.2) is 36.4 Å². The average molecular weight is 409 g/mol. The molecule has 1 atom stereocenters. The zero-order chi connectivity index (χ0) is 19.2. The Morgan fingerprint density at radius 3 is 2.89 bits per heavy atom. The molecule has 1 aliphatic rings. The summed E-state index contributed by atoms with van der Waals surface area (Å²) >= 11 is 11.6. The van der Waals surface area contributed by atoms with E-state index in [1.54, 1.807) is 37.4 Å². The van der Waals surface area contributed by atoms with Gasteiger partial charge in [-0.2, -0.15) is 0 Å². The number of anilines is 1. The van der Waals surface area contributed by atoms with E-state index in [0.717, 1.165) is 19.4 Å². The van der Waals surface area contributed by atoms with E-state index in [-0.39, 0.29) is 11.9 Å². The van der Waals surface area contributed by atoms with Crippen molar-refractivity contribution in [2.75, 3.05) is 25.6 Å². The Balaban J connectivity index is 1.78. The third kappa shape index (κ3) is 5.31. The second kappa shape index (κ2) is 9.35. The molecule has 2 aromatic carbocycles. The van der Waals surface area contributed by atoms with Crippen LogP contribution in [0.2, 0.25) is 5.02 Å². The molecule has 3 rings (SSSR count). The summed E-state index contributed by atoms with van der Waals surface area (Å²) in [5.41, 5.74) is 1.29. The van der Waals surface area contributed by atoms with Crippen LogP contribution in [0.25, 0.3) is 0 Å². The van der Waals surface area contributed by atoms with Gasteiger partial charge >= 0.3 is 0 Å². The molecular weight excluding hydrogens is 387 g/mol. The van der Waals surface area contributed by atoms with E-state index >= 15 is 0 Å². The molecule has 1 N–H and O–H groups in total. The van der Waals surface area contributed by atoms with E-state index in [4.69, 9.17) is 33.3 Å². The van der Waals surface area contributed by atoms with Crippen LogP contribution in [-0.2, 0) is 11.3 Å². The quantitative estimate of drug-likeness (QED) is 0.690. The van der Waals surface area contributed by atoms with Crippen molar-refractivity contribution in [2.24, 2.45) is 0 Å². The van der Waals surface area contributed by atoms with Gasteiger partial charge in [-0.25, -0.2) is 4.39 Å². The van der Waals surface area contributed by atoms with Crippen LogP contribution in [0, 0.1) is 5.82 Å². The molecule has 4 nitrogen and oxygen atoms in total. The van der Waals surface area contributed by atoms with Gasteiger partial charge in [0.15, 0.2) is 5.11 Å². The molecule has 2 aromatic rings. The summed E-state index contributed by atoms with van der Waals surface area (Å²) in [5.74, 6) is 0.342. The highest BCUT2D eigenvalue weighted by molar-refractivity contribution is 7.80. The van der Waals surface area contributed by atoms with Crippen LogP contribution in [0.3, 0.4) is 0 Å². The lowest BCUT2D eigenvalue weighted by atomic mass is 10.2. The Kier molecular flexibility index (Phi) is 6.88. The zero-order valence-electron chi connectivity index (χ0n) is 15.1. The molecule has 1 fully saturated rings. The predicted octanol–water partition coefficient (Wildman–Crippen LogP) is 4.87. The first-order valence-corrected chi connectivity index (χ1v) is 9.60. The molecule has 144 valence electrons. The van der Waals surface area contributed by atoms with Gasteiger partial charge in [-0.15, -0.1) is 0 Å². The highest BCUT2D eigenvalue weighted by Gasteiger charge is 2.22.